The van der Waals surface area contributed by atoms with E-state index in [1.807, 2.05) is 17.2 Å². The highest BCUT2D eigenvalue weighted by molar-refractivity contribution is 7.09. The second kappa shape index (κ2) is 8.51. The lowest BCUT2D eigenvalue weighted by molar-refractivity contribution is -0.128. The molecule has 1 amide bonds. The summed E-state index contributed by atoms with van der Waals surface area (Å²) in [5, 5.41) is 6.00. The van der Waals surface area contributed by atoms with Crippen LogP contribution in [0.1, 0.15) is 22.3 Å². The molecule has 1 N–H and O–H groups in total. The third-order valence-corrected chi connectivity index (χ3v) is 4.99. The number of carbonyl (C=O) groups excluding carboxylic acids is 1. The minimum absolute atomic E-state index is 0.112. The minimum Gasteiger partial charge on any atom is -0.379 e. The lowest BCUT2D eigenvalue weighted by Crippen LogP contribution is -2.46. The Kier molecular flexibility index (Phi) is 6.12. The van der Waals surface area contributed by atoms with Crippen molar-refractivity contribution in [3.8, 4) is 0 Å². The van der Waals surface area contributed by atoms with E-state index in [9.17, 15) is 9.18 Å². The Labute approximate surface area is 150 Å². The highest BCUT2D eigenvalue weighted by atomic mass is 32.1. The normalized spacial score (nSPS) is 16.6. The molecule has 2 heterocycles. The van der Waals surface area contributed by atoms with Crippen molar-refractivity contribution in [2.45, 2.75) is 19.4 Å². The quantitative estimate of drug-likeness (QED) is 0.856. The molecule has 0 aliphatic carbocycles. The Morgan fingerprint density at radius 3 is 2.92 bits per heavy atom. The molecule has 1 atom stereocenters. The van der Waals surface area contributed by atoms with Crippen LogP contribution < -0.4 is 5.32 Å². The molecule has 134 valence electrons. The fourth-order valence-corrected chi connectivity index (χ4v) is 3.62. The molecule has 25 heavy (non-hydrogen) atoms. The number of morpholine rings is 1. The van der Waals surface area contributed by atoms with Crippen molar-refractivity contribution in [1.29, 1.82) is 0 Å². The highest BCUT2D eigenvalue weighted by Gasteiger charge is 2.29. The molecule has 3 rings (SSSR count). The van der Waals surface area contributed by atoms with Crippen LogP contribution in [0, 0.1) is 12.7 Å². The number of nitrogens with one attached hydrogen (secondary N) is 1. The third kappa shape index (κ3) is 4.84. The molecular formula is C18H22FN3O2S. The summed E-state index contributed by atoms with van der Waals surface area (Å²) in [6, 6.07) is 5.76. The SMILES string of the molecule is Cc1nc(CCNC(=O)C(c2cccc(F)c2)N2CCOCC2)cs1. The van der Waals surface area contributed by atoms with Gasteiger partial charge in [-0.15, -0.1) is 11.3 Å². The van der Waals surface area contributed by atoms with Gasteiger partial charge in [0.25, 0.3) is 0 Å². The standard InChI is InChI=1S/C18H22FN3O2S/c1-13-21-16(12-25-13)5-6-20-18(23)17(22-7-9-24-10-8-22)14-3-2-4-15(19)11-14/h2-4,11-12,17H,5-10H2,1H3,(H,20,23). The van der Waals surface area contributed by atoms with E-state index in [0.29, 0.717) is 44.8 Å². The van der Waals surface area contributed by atoms with Gasteiger partial charge in [-0.05, 0) is 24.6 Å². The van der Waals surface area contributed by atoms with Crippen molar-refractivity contribution in [3.63, 3.8) is 0 Å². The first kappa shape index (κ1) is 18.0. The van der Waals surface area contributed by atoms with Crippen LogP contribution in [0.15, 0.2) is 29.6 Å². The van der Waals surface area contributed by atoms with Gasteiger partial charge in [-0.2, -0.15) is 0 Å². The first-order valence-electron chi connectivity index (χ1n) is 8.39. The number of rotatable bonds is 6. The molecule has 1 fully saturated rings. The molecule has 0 saturated carbocycles. The van der Waals surface area contributed by atoms with Crippen molar-refractivity contribution in [1.82, 2.24) is 15.2 Å². The summed E-state index contributed by atoms with van der Waals surface area (Å²) in [6.45, 7) is 4.94. The average molecular weight is 363 g/mol. The molecule has 2 aromatic rings. The van der Waals surface area contributed by atoms with E-state index in [-0.39, 0.29) is 11.7 Å². The Balaban J connectivity index is 1.68. The van der Waals surface area contributed by atoms with Crippen LogP contribution in [0.2, 0.25) is 0 Å². The fourth-order valence-electron chi connectivity index (χ4n) is 2.97. The highest BCUT2D eigenvalue weighted by Crippen LogP contribution is 2.23. The van der Waals surface area contributed by atoms with Crippen LogP contribution in [0.5, 0.6) is 0 Å². The molecule has 1 aromatic carbocycles. The molecule has 1 aromatic heterocycles. The average Bonchev–Trinajstić information content (AvgIpc) is 3.01. The molecular weight excluding hydrogens is 341 g/mol. The van der Waals surface area contributed by atoms with E-state index in [1.54, 1.807) is 23.5 Å². The van der Waals surface area contributed by atoms with Crippen molar-refractivity contribution in [2.24, 2.45) is 0 Å². The van der Waals surface area contributed by atoms with E-state index in [0.717, 1.165) is 10.7 Å². The van der Waals surface area contributed by atoms with Crippen LogP contribution in [0.3, 0.4) is 0 Å². The van der Waals surface area contributed by atoms with Crippen molar-refractivity contribution < 1.29 is 13.9 Å². The summed E-state index contributed by atoms with van der Waals surface area (Å²) in [5.74, 6) is -0.444. The van der Waals surface area contributed by atoms with Crippen LogP contribution >= 0.6 is 11.3 Å². The predicted molar refractivity (Wildman–Crippen MR) is 95.1 cm³/mol. The van der Waals surface area contributed by atoms with Gasteiger partial charge in [0, 0.05) is 31.4 Å². The zero-order chi connectivity index (χ0) is 17.6. The summed E-state index contributed by atoms with van der Waals surface area (Å²) in [7, 11) is 0. The first-order valence-corrected chi connectivity index (χ1v) is 9.27. The van der Waals surface area contributed by atoms with Crippen LogP contribution in [-0.2, 0) is 16.0 Å². The summed E-state index contributed by atoms with van der Waals surface area (Å²) in [5.41, 5.74) is 1.65. The fraction of sp³-hybridized carbons (Fsp3) is 0.444. The van der Waals surface area contributed by atoms with Gasteiger partial charge in [0.2, 0.25) is 5.91 Å². The number of aromatic nitrogens is 1. The number of halogens is 1. The topological polar surface area (TPSA) is 54.5 Å². The summed E-state index contributed by atoms with van der Waals surface area (Å²) < 4.78 is 19.0. The van der Waals surface area contributed by atoms with Crippen molar-refractivity contribution in [2.75, 3.05) is 32.8 Å². The number of hydrogen-bond donors (Lipinski definition) is 1. The Bertz CT molecular complexity index is 716. The molecule has 1 saturated heterocycles. The maximum atomic E-state index is 13.7. The number of aryl methyl sites for hydroxylation is 1. The molecule has 5 nitrogen and oxygen atoms in total. The van der Waals surface area contributed by atoms with Gasteiger partial charge in [-0.3, -0.25) is 9.69 Å². The second-order valence-electron chi connectivity index (χ2n) is 6.00. The van der Waals surface area contributed by atoms with Crippen molar-refractivity contribution >= 4 is 17.2 Å². The zero-order valence-electron chi connectivity index (χ0n) is 14.2. The van der Waals surface area contributed by atoms with Gasteiger partial charge in [-0.1, -0.05) is 12.1 Å². The number of nitrogens with zero attached hydrogens (tertiary/aromatic N) is 2. The van der Waals surface area contributed by atoms with Crippen LogP contribution in [0.25, 0.3) is 0 Å². The lowest BCUT2D eigenvalue weighted by Gasteiger charge is -2.33. The number of hydrogen-bond acceptors (Lipinski definition) is 5. The molecule has 0 spiro atoms. The number of carbonyl (C=O) groups is 1. The van der Waals surface area contributed by atoms with Gasteiger partial charge < -0.3 is 10.1 Å². The molecule has 1 aliphatic rings. The lowest BCUT2D eigenvalue weighted by atomic mass is 10.0. The van der Waals surface area contributed by atoms with E-state index in [1.165, 1.54) is 12.1 Å². The summed E-state index contributed by atoms with van der Waals surface area (Å²) in [6.07, 6.45) is 0.690. The maximum Gasteiger partial charge on any atom is 0.241 e. The summed E-state index contributed by atoms with van der Waals surface area (Å²) >= 11 is 1.60. The van der Waals surface area contributed by atoms with E-state index < -0.39 is 6.04 Å². The van der Waals surface area contributed by atoms with E-state index in [4.69, 9.17) is 4.74 Å². The third-order valence-electron chi connectivity index (χ3n) is 4.17. The Morgan fingerprint density at radius 2 is 2.24 bits per heavy atom. The monoisotopic (exact) mass is 363 g/mol. The number of benzene rings is 1. The molecule has 7 heteroatoms. The summed E-state index contributed by atoms with van der Waals surface area (Å²) in [4.78, 5) is 19.3. The van der Waals surface area contributed by atoms with E-state index in [2.05, 4.69) is 10.3 Å². The van der Waals surface area contributed by atoms with Crippen LogP contribution in [0.4, 0.5) is 4.39 Å². The Hall–Kier alpha value is -1.83. The van der Waals surface area contributed by atoms with Gasteiger partial charge >= 0.3 is 0 Å². The first-order chi connectivity index (χ1) is 12.1. The number of amides is 1. The number of thiazole rings is 1. The predicted octanol–water partition coefficient (Wildman–Crippen LogP) is 2.32. The van der Waals surface area contributed by atoms with Gasteiger partial charge in [0.1, 0.15) is 11.9 Å². The number of ether oxygens (including phenoxy) is 1. The van der Waals surface area contributed by atoms with Crippen molar-refractivity contribution in [3.05, 3.63) is 51.7 Å². The maximum absolute atomic E-state index is 13.7. The van der Waals surface area contributed by atoms with Gasteiger partial charge in [-0.25, -0.2) is 9.37 Å². The molecule has 1 unspecified atom stereocenters. The zero-order valence-corrected chi connectivity index (χ0v) is 15.0. The largest absolute Gasteiger partial charge is 0.379 e. The van der Waals surface area contributed by atoms with Gasteiger partial charge in [0.15, 0.2) is 0 Å². The molecule has 0 bridgehead atoms. The second-order valence-corrected chi connectivity index (χ2v) is 7.07. The molecule has 0 radical (unpaired) electrons. The minimum atomic E-state index is -0.503. The smallest absolute Gasteiger partial charge is 0.241 e. The van der Waals surface area contributed by atoms with Gasteiger partial charge in [0.05, 0.1) is 23.9 Å². The Morgan fingerprint density at radius 1 is 1.44 bits per heavy atom. The van der Waals surface area contributed by atoms with E-state index >= 15 is 0 Å². The van der Waals surface area contributed by atoms with Crippen LogP contribution in [-0.4, -0.2) is 48.6 Å². The molecule has 1 aliphatic heterocycles.